The molecule has 0 bridgehead atoms. The number of carbonyl (C=O) groups excluding carboxylic acids is 1. The lowest BCUT2D eigenvalue weighted by Crippen LogP contribution is -2.28. The van der Waals surface area contributed by atoms with Gasteiger partial charge in [0.15, 0.2) is 5.65 Å². The second kappa shape index (κ2) is 7.36. The molecule has 2 aliphatic rings. The predicted octanol–water partition coefficient (Wildman–Crippen LogP) is 3.48. The van der Waals surface area contributed by atoms with Gasteiger partial charge >= 0.3 is 0 Å². The van der Waals surface area contributed by atoms with Gasteiger partial charge in [-0.05, 0) is 43.0 Å². The summed E-state index contributed by atoms with van der Waals surface area (Å²) in [6.07, 6.45) is 4.80. The molecule has 4 heterocycles. The number of imidazole rings is 1. The van der Waals surface area contributed by atoms with E-state index >= 15 is 0 Å². The number of ether oxygens (including phenoxy) is 1. The molecule has 3 aromatic rings. The van der Waals surface area contributed by atoms with Crippen LogP contribution in [0.5, 0.6) is 0 Å². The predicted molar refractivity (Wildman–Crippen MR) is 106 cm³/mol. The lowest BCUT2D eigenvalue weighted by atomic mass is 9.98. The number of rotatable bonds is 3. The number of fused-ring (bicyclic) bond motifs is 1. The van der Waals surface area contributed by atoms with E-state index in [4.69, 9.17) is 9.72 Å². The largest absolute Gasteiger partial charge is 0.381 e. The summed E-state index contributed by atoms with van der Waals surface area (Å²) in [5.41, 5.74) is 3.79. The van der Waals surface area contributed by atoms with E-state index in [1.54, 1.807) is 0 Å². The van der Waals surface area contributed by atoms with Crippen molar-refractivity contribution in [2.45, 2.75) is 31.1 Å². The van der Waals surface area contributed by atoms with Crippen molar-refractivity contribution < 1.29 is 9.53 Å². The van der Waals surface area contributed by atoms with Crippen molar-refractivity contribution >= 4 is 17.1 Å². The quantitative estimate of drug-likeness (QED) is 0.760. The molecule has 0 spiro atoms. The molecule has 0 aliphatic carbocycles. The van der Waals surface area contributed by atoms with Gasteiger partial charge < -0.3 is 14.6 Å². The third-order valence-corrected chi connectivity index (χ3v) is 5.99. The van der Waals surface area contributed by atoms with Crippen molar-refractivity contribution in [1.29, 1.82) is 0 Å². The molecule has 2 saturated heterocycles. The molecular formula is C22H24N4O2. The molecule has 1 aromatic carbocycles. The molecule has 28 heavy (non-hydrogen) atoms. The topological polar surface area (TPSA) is 71.1 Å². The Hall–Kier alpha value is -2.73. The van der Waals surface area contributed by atoms with E-state index in [1.807, 2.05) is 41.4 Å². The number of nitrogens with one attached hydrogen (secondary N) is 1. The molecule has 5 rings (SSSR count). The van der Waals surface area contributed by atoms with Crippen LogP contribution in [-0.4, -0.2) is 52.1 Å². The highest BCUT2D eigenvalue weighted by Gasteiger charge is 2.30. The monoisotopic (exact) mass is 376 g/mol. The third-order valence-electron chi connectivity index (χ3n) is 5.99. The van der Waals surface area contributed by atoms with Crippen molar-refractivity contribution in [1.82, 2.24) is 19.9 Å². The number of aromatic nitrogens is 3. The van der Waals surface area contributed by atoms with Crippen LogP contribution in [-0.2, 0) is 4.74 Å². The second-order valence-electron chi connectivity index (χ2n) is 7.71. The minimum Gasteiger partial charge on any atom is -0.381 e. The van der Waals surface area contributed by atoms with Crippen LogP contribution in [0.25, 0.3) is 11.2 Å². The van der Waals surface area contributed by atoms with Gasteiger partial charge in [-0.2, -0.15) is 0 Å². The molecule has 2 fully saturated rings. The van der Waals surface area contributed by atoms with Crippen LogP contribution in [0.2, 0.25) is 0 Å². The van der Waals surface area contributed by atoms with E-state index in [1.165, 1.54) is 5.56 Å². The maximum Gasteiger partial charge on any atom is 0.253 e. The summed E-state index contributed by atoms with van der Waals surface area (Å²) in [4.78, 5) is 27.5. The molecule has 0 saturated carbocycles. The molecule has 2 aliphatic heterocycles. The standard InChI is InChI=1S/C22H24N4O2/c27-22(16-4-2-1-3-5-16)26-11-7-17(14-26)18-6-10-23-21-19(18)24-20(25-21)15-8-12-28-13-9-15/h1-6,10,15,17H,7-9,11-14H2,(H,23,24,25)/t17-/m1/s1. The summed E-state index contributed by atoms with van der Waals surface area (Å²) in [6, 6.07) is 11.6. The summed E-state index contributed by atoms with van der Waals surface area (Å²) < 4.78 is 5.48. The van der Waals surface area contributed by atoms with Crippen LogP contribution >= 0.6 is 0 Å². The Bertz CT molecular complexity index is 979. The fraction of sp³-hybridized carbons (Fsp3) is 0.409. The van der Waals surface area contributed by atoms with Crippen LogP contribution < -0.4 is 0 Å². The van der Waals surface area contributed by atoms with Gasteiger partial charge in [0.1, 0.15) is 5.82 Å². The first-order chi connectivity index (χ1) is 13.8. The van der Waals surface area contributed by atoms with Gasteiger partial charge in [-0.1, -0.05) is 18.2 Å². The highest BCUT2D eigenvalue weighted by atomic mass is 16.5. The van der Waals surface area contributed by atoms with E-state index in [9.17, 15) is 4.79 Å². The summed E-state index contributed by atoms with van der Waals surface area (Å²) in [5.74, 6) is 1.85. The lowest BCUT2D eigenvalue weighted by Gasteiger charge is -2.19. The fourth-order valence-electron chi connectivity index (χ4n) is 4.41. The number of aromatic amines is 1. The Morgan fingerprint density at radius 3 is 2.71 bits per heavy atom. The minimum absolute atomic E-state index is 0.112. The van der Waals surface area contributed by atoms with Gasteiger partial charge in [0, 0.05) is 49.9 Å². The van der Waals surface area contributed by atoms with Crippen molar-refractivity contribution in [2.75, 3.05) is 26.3 Å². The zero-order valence-electron chi connectivity index (χ0n) is 15.8. The van der Waals surface area contributed by atoms with Crippen molar-refractivity contribution in [3.63, 3.8) is 0 Å². The number of benzene rings is 1. The molecule has 1 amide bonds. The van der Waals surface area contributed by atoms with E-state index in [2.05, 4.69) is 16.0 Å². The molecule has 6 nitrogen and oxygen atoms in total. The highest BCUT2D eigenvalue weighted by Crippen LogP contribution is 2.33. The van der Waals surface area contributed by atoms with Gasteiger partial charge in [0.2, 0.25) is 0 Å². The van der Waals surface area contributed by atoms with Crippen LogP contribution in [0.1, 0.15) is 52.8 Å². The van der Waals surface area contributed by atoms with Crippen LogP contribution in [0.15, 0.2) is 42.6 Å². The second-order valence-corrected chi connectivity index (χ2v) is 7.71. The normalized spacial score (nSPS) is 20.7. The maximum absolute atomic E-state index is 12.8. The average Bonchev–Trinajstić information content (AvgIpc) is 3.42. The first-order valence-electron chi connectivity index (χ1n) is 10.1. The Morgan fingerprint density at radius 1 is 1.07 bits per heavy atom. The van der Waals surface area contributed by atoms with Crippen molar-refractivity contribution in [3.8, 4) is 0 Å². The van der Waals surface area contributed by atoms with Crippen LogP contribution in [0, 0.1) is 0 Å². The number of pyridine rings is 1. The molecule has 1 N–H and O–H groups in total. The fourth-order valence-corrected chi connectivity index (χ4v) is 4.41. The number of likely N-dealkylation sites (tertiary alicyclic amines) is 1. The molecule has 0 radical (unpaired) electrons. The first kappa shape index (κ1) is 17.4. The molecule has 6 heteroatoms. The molecular weight excluding hydrogens is 352 g/mol. The lowest BCUT2D eigenvalue weighted by molar-refractivity contribution is 0.0790. The molecule has 1 atom stereocenters. The van der Waals surface area contributed by atoms with Crippen molar-refractivity contribution in [2.24, 2.45) is 0 Å². The zero-order valence-corrected chi connectivity index (χ0v) is 15.8. The zero-order chi connectivity index (χ0) is 18.9. The number of hydrogen-bond acceptors (Lipinski definition) is 4. The Kier molecular flexibility index (Phi) is 4.56. The molecule has 0 unspecified atom stereocenters. The summed E-state index contributed by atoms with van der Waals surface area (Å²) in [7, 11) is 0. The van der Waals surface area contributed by atoms with Gasteiger partial charge in [-0.15, -0.1) is 0 Å². The van der Waals surface area contributed by atoms with Gasteiger partial charge in [-0.3, -0.25) is 4.79 Å². The number of nitrogens with zero attached hydrogens (tertiary/aromatic N) is 3. The van der Waals surface area contributed by atoms with E-state index in [0.717, 1.165) is 68.1 Å². The van der Waals surface area contributed by atoms with Gasteiger partial charge in [0.05, 0.1) is 5.52 Å². The van der Waals surface area contributed by atoms with Crippen LogP contribution in [0.4, 0.5) is 0 Å². The van der Waals surface area contributed by atoms with E-state index in [0.29, 0.717) is 11.8 Å². The smallest absolute Gasteiger partial charge is 0.253 e. The van der Waals surface area contributed by atoms with Crippen molar-refractivity contribution in [3.05, 3.63) is 59.5 Å². The third kappa shape index (κ3) is 3.18. The summed E-state index contributed by atoms with van der Waals surface area (Å²) >= 11 is 0. The van der Waals surface area contributed by atoms with Crippen LogP contribution in [0.3, 0.4) is 0 Å². The Morgan fingerprint density at radius 2 is 1.89 bits per heavy atom. The number of hydrogen-bond donors (Lipinski definition) is 1. The minimum atomic E-state index is 0.112. The number of amides is 1. The number of H-pyrrole nitrogens is 1. The Balaban J connectivity index is 1.39. The molecule has 2 aromatic heterocycles. The summed E-state index contributed by atoms with van der Waals surface area (Å²) in [6.45, 7) is 3.10. The maximum atomic E-state index is 12.8. The van der Waals surface area contributed by atoms with E-state index < -0.39 is 0 Å². The SMILES string of the molecule is O=C(c1ccccc1)N1CC[C@@H](c2ccnc3nc(C4CCOCC4)[nH]c23)C1. The van der Waals surface area contributed by atoms with E-state index in [-0.39, 0.29) is 5.91 Å². The van der Waals surface area contributed by atoms with Gasteiger partial charge in [0.25, 0.3) is 5.91 Å². The first-order valence-corrected chi connectivity index (χ1v) is 10.1. The van der Waals surface area contributed by atoms with Gasteiger partial charge in [-0.25, -0.2) is 9.97 Å². The average molecular weight is 376 g/mol. The summed E-state index contributed by atoms with van der Waals surface area (Å²) in [5, 5.41) is 0. The Labute approximate surface area is 163 Å². The highest BCUT2D eigenvalue weighted by molar-refractivity contribution is 5.94. The molecule has 144 valence electrons. The number of carbonyl (C=O) groups is 1.